The minimum Gasteiger partial charge on any atom is -0.444 e. The van der Waals surface area contributed by atoms with Gasteiger partial charge in [0.2, 0.25) is 0 Å². The number of ether oxygens (including phenoxy) is 1. The Hall–Kier alpha value is -2.05. The van der Waals surface area contributed by atoms with Crippen LogP contribution >= 0.6 is 0 Å². The summed E-state index contributed by atoms with van der Waals surface area (Å²) in [6.07, 6.45) is 10.7. The summed E-state index contributed by atoms with van der Waals surface area (Å²) in [5, 5.41) is 12.6. The zero-order chi connectivity index (χ0) is 21.8. The molecule has 4 bridgehead atoms. The van der Waals surface area contributed by atoms with E-state index in [1.807, 2.05) is 34.0 Å². The molecule has 1 amide bonds. The molecular formula is C24H37N5O2. The van der Waals surface area contributed by atoms with E-state index < -0.39 is 5.60 Å². The predicted octanol–water partition coefficient (Wildman–Crippen LogP) is 4.30. The van der Waals surface area contributed by atoms with E-state index in [0.29, 0.717) is 0 Å². The van der Waals surface area contributed by atoms with Gasteiger partial charge in [-0.1, -0.05) is 0 Å². The third-order valence-corrected chi connectivity index (χ3v) is 7.83. The smallest absolute Gasteiger partial charge is 0.410 e. The molecule has 1 aliphatic heterocycles. The predicted molar refractivity (Wildman–Crippen MR) is 121 cm³/mol. The number of carbonyl (C=O) groups excluding carboxylic acids is 1. The van der Waals surface area contributed by atoms with Gasteiger partial charge in [0.15, 0.2) is 5.82 Å². The number of carbonyl (C=O) groups is 1. The van der Waals surface area contributed by atoms with Gasteiger partial charge in [-0.05, 0) is 83.5 Å². The molecule has 4 aliphatic carbocycles. The van der Waals surface area contributed by atoms with E-state index in [1.165, 1.54) is 38.5 Å². The van der Waals surface area contributed by atoms with E-state index >= 15 is 0 Å². The van der Waals surface area contributed by atoms with Crippen molar-refractivity contribution in [3.63, 3.8) is 0 Å². The fraction of sp³-hybridized carbons (Fsp3) is 0.792. The third kappa shape index (κ3) is 4.33. The van der Waals surface area contributed by atoms with Crippen LogP contribution in [0.1, 0.15) is 65.7 Å². The van der Waals surface area contributed by atoms with Crippen LogP contribution in [0.15, 0.2) is 12.3 Å². The van der Waals surface area contributed by atoms with E-state index in [9.17, 15) is 4.79 Å². The Morgan fingerprint density at radius 3 is 2.45 bits per heavy atom. The number of likely N-dealkylation sites (N-methyl/N-ethyl adjacent to an activating group) is 1. The van der Waals surface area contributed by atoms with Crippen LogP contribution in [0.5, 0.6) is 0 Å². The molecule has 31 heavy (non-hydrogen) atoms. The summed E-state index contributed by atoms with van der Waals surface area (Å²) >= 11 is 0. The van der Waals surface area contributed by atoms with Crippen molar-refractivity contribution >= 4 is 17.6 Å². The second-order valence-electron chi connectivity index (χ2n) is 11.6. The number of nitrogens with zero attached hydrogens (tertiary/aromatic N) is 4. The largest absolute Gasteiger partial charge is 0.444 e. The second kappa shape index (κ2) is 7.52. The molecule has 1 atom stereocenters. The van der Waals surface area contributed by atoms with Crippen LogP contribution in [0.25, 0.3) is 0 Å². The van der Waals surface area contributed by atoms with E-state index in [4.69, 9.17) is 4.74 Å². The molecule has 5 aliphatic rings. The minimum atomic E-state index is -0.476. The molecule has 7 heteroatoms. The van der Waals surface area contributed by atoms with Gasteiger partial charge in [0.05, 0.1) is 17.9 Å². The van der Waals surface area contributed by atoms with Gasteiger partial charge in [0.1, 0.15) is 5.60 Å². The highest BCUT2D eigenvalue weighted by molar-refractivity contribution is 5.68. The van der Waals surface area contributed by atoms with Gasteiger partial charge in [-0.2, -0.15) is 5.10 Å². The molecule has 4 saturated carbocycles. The number of rotatable bonds is 4. The number of amides is 1. The molecule has 6 rings (SSSR count). The van der Waals surface area contributed by atoms with Gasteiger partial charge < -0.3 is 19.9 Å². The SMILES string of the molecule is CN(C(=O)OC(C)(C)C)[C@@H]1CCN(c2cnnc(NC34CC5CC(CC(C5)C3)C4)c2)C1. The molecular weight excluding hydrogens is 390 g/mol. The molecule has 5 fully saturated rings. The lowest BCUT2D eigenvalue weighted by Crippen LogP contribution is -2.54. The third-order valence-electron chi connectivity index (χ3n) is 7.83. The molecule has 7 nitrogen and oxygen atoms in total. The van der Waals surface area contributed by atoms with Crippen molar-refractivity contribution < 1.29 is 9.53 Å². The quantitative estimate of drug-likeness (QED) is 0.772. The lowest BCUT2D eigenvalue weighted by molar-refractivity contribution is 0.0105. The maximum absolute atomic E-state index is 12.4. The van der Waals surface area contributed by atoms with Crippen molar-refractivity contribution in [2.24, 2.45) is 17.8 Å². The summed E-state index contributed by atoms with van der Waals surface area (Å²) in [5.41, 5.74) is 0.838. The zero-order valence-corrected chi connectivity index (χ0v) is 19.4. The van der Waals surface area contributed by atoms with E-state index in [2.05, 4.69) is 26.5 Å². The number of hydrogen-bond acceptors (Lipinski definition) is 6. The first-order valence-corrected chi connectivity index (χ1v) is 12.0. The lowest BCUT2D eigenvalue weighted by atomic mass is 9.53. The van der Waals surface area contributed by atoms with Crippen molar-refractivity contribution in [1.29, 1.82) is 0 Å². The van der Waals surface area contributed by atoms with Crippen LogP contribution in [0.2, 0.25) is 0 Å². The van der Waals surface area contributed by atoms with Crippen LogP contribution in [0.3, 0.4) is 0 Å². The van der Waals surface area contributed by atoms with Gasteiger partial charge in [0, 0.05) is 31.7 Å². The normalized spacial score (nSPS) is 34.1. The molecule has 0 radical (unpaired) electrons. The van der Waals surface area contributed by atoms with Crippen molar-refractivity contribution in [2.45, 2.75) is 82.9 Å². The first kappa shape index (κ1) is 20.8. The number of nitrogens with one attached hydrogen (secondary N) is 1. The summed E-state index contributed by atoms with van der Waals surface area (Å²) in [4.78, 5) is 16.5. The van der Waals surface area contributed by atoms with E-state index in [-0.39, 0.29) is 17.7 Å². The fourth-order valence-electron chi connectivity index (χ4n) is 6.90. The number of anilines is 2. The summed E-state index contributed by atoms with van der Waals surface area (Å²) < 4.78 is 5.54. The Balaban J connectivity index is 1.23. The molecule has 170 valence electrons. The highest BCUT2D eigenvalue weighted by Crippen LogP contribution is 2.56. The zero-order valence-electron chi connectivity index (χ0n) is 19.4. The van der Waals surface area contributed by atoms with Gasteiger partial charge >= 0.3 is 6.09 Å². The molecule has 1 N–H and O–H groups in total. The molecule has 0 unspecified atom stereocenters. The summed E-state index contributed by atoms with van der Waals surface area (Å²) in [5.74, 6) is 3.61. The minimum absolute atomic E-state index is 0.141. The Morgan fingerprint density at radius 2 is 1.84 bits per heavy atom. The monoisotopic (exact) mass is 427 g/mol. The number of aromatic nitrogens is 2. The highest BCUT2D eigenvalue weighted by Gasteiger charge is 2.51. The maximum atomic E-state index is 12.4. The van der Waals surface area contributed by atoms with Crippen molar-refractivity contribution in [3.8, 4) is 0 Å². The molecule has 0 aromatic carbocycles. The first-order chi connectivity index (χ1) is 14.7. The van der Waals surface area contributed by atoms with Crippen LogP contribution in [-0.2, 0) is 4.74 Å². The summed E-state index contributed by atoms with van der Waals surface area (Å²) in [7, 11) is 1.84. The van der Waals surface area contributed by atoms with Crippen molar-refractivity contribution in [2.75, 3.05) is 30.4 Å². The maximum Gasteiger partial charge on any atom is 0.410 e. The van der Waals surface area contributed by atoms with Crippen LogP contribution in [-0.4, -0.2) is 58.5 Å². The standard InChI is InChI=1S/C24H37N5O2/c1-23(2,3)31-22(30)28(4)19-5-6-29(15-19)20-10-21(27-25-14-20)26-24-11-16-7-17(12-24)9-18(8-16)13-24/h10,14,16-19H,5-9,11-13,15H2,1-4H3,(H,26,27)/t16?,17?,18?,19-,24?/m1/s1. The molecule has 0 spiro atoms. The van der Waals surface area contributed by atoms with Crippen LogP contribution in [0, 0.1) is 17.8 Å². The first-order valence-electron chi connectivity index (χ1n) is 12.0. The van der Waals surface area contributed by atoms with Crippen molar-refractivity contribution in [3.05, 3.63) is 12.3 Å². The fourth-order valence-corrected chi connectivity index (χ4v) is 6.90. The Labute approximate surface area is 185 Å². The number of hydrogen-bond donors (Lipinski definition) is 1. The van der Waals surface area contributed by atoms with Gasteiger partial charge in [-0.15, -0.1) is 5.10 Å². The van der Waals surface area contributed by atoms with Crippen LogP contribution < -0.4 is 10.2 Å². The van der Waals surface area contributed by atoms with E-state index in [0.717, 1.165) is 48.8 Å². The summed E-state index contributed by atoms with van der Waals surface area (Å²) in [6.45, 7) is 7.40. The average molecular weight is 428 g/mol. The molecule has 2 heterocycles. The van der Waals surface area contributed by atoms with Gasteiger partial charge in [-0.25, -0.2) is 4.79 Å². The van der Waals surface area contributed by atoms with Gasteiger partial charge in [0.25, 0.3) is 0 Å². The summed E-state index contributed by atoms with van der Waals surface area (Å²) in [6, 6.07) is 2.30. The van der Waals surface area contributed by atoms with Gasteiger partial charge in [-0.3, -0.25) is 0 Å². The van der Waals surface area contributed by atoms with E-state index in [1.54, 1.807) is 4.90 Å². The molecule has 1 aromatic heterocycles. The Bertz CT molecular complexity index is 800. The molecule has 1 aromatic rings. The highest BCUT2D eigenvalue weighted by atomic mass is 16.6. The lowest BCUT2D eigenvalue weighted by Gasteiger charge is -2.57. The van der Waals surface area contributed by atoms with Crippen molar-refractivity contribution in [1.82, 2.24) is 15.1 Å². The average Bonchev–Trinajstić information content (AvgIpc) is 3.15. The van der Waals surface area contributed by atoms with Crippen LogP contribution in [0.4, 0.5) is 16.3 Å². The topological polar surface area (TPSA) is 70.6 Å². The Morgan fingerprint density at radius 1 is 1.19 bits per heavy atom. The Kier molecular flexibility index (Phi) is 5.05. The molecule has 1 saturated heterocycles. The second-order valence-corrected chi connectivity index (χ2v) is 11.6.